The Balaban J connectivity index is 0.00000300. The van der Waals surface area contributed by atoms with Crippen molar-refractivity contribution < 1.29 is 9.18 Å². The van der Waals surface area contributed by atoms with E-state index in [1.807, 2.05) is 12.1 Å². The summed E-state index contributed by atoms with van der Waals surface area (Å²) in [4.78, 5) is 17.5. The van der Waals surface area contributed by atoms with Gasteiger partial charge in [-0.3, -0.25) is 4.79 Å². The number of rotatable bonds is 7. The first-order valence-corrected chi connectivity index (χ1v) is 11.3. The molecule has 1 saturated heterocycles. The number of halogens is 2. The fraction of sp³-hybridized carbons (Fsp3) is 0.708. The van der Waals surface area contributed by atoms with E-state index in [0.717, 1.165) is 58.3 Å². The summed E-state index contributed by atoms with van der Waals surface area (Å²) in [5, 5.41) is 0. The van der Waals surface area contributed by atoms with E-state index < -0.39 is 0 Å². The number of carbonyl (C=O) groups is 1. The molecule has 1 amide bonds. The van der Waals surface area contributed by atoms with Gasteiger partial charge in [-0.25, -0.2) is 4.39 Å². The lowest BCUT2D eigenvalue weighted by molar-refractivity contribution is -0.138. The number of amides is 1. The highest BCUT2D eigenvalue weighted by atomic mass is 35.5. The average molecular weight is 425 g/mol. The van der Waals surface area contributed by atoms with Gasteiger partial charge < -0.3 is 9.80 Å². The van der Waals surface area contributed by atoms with Gasteiger partial charge in [0.2, 0.25) is 5.91 Å². The van der Waals surface area contributed by atoms with Crippen molar-refractivity contribution in [1.29, 1.82) is 0 Å². The van der Waals surface area contributed by atoms with Gasteiger partial charge in [0, 0.05) is 31.6 Å². The Morgan fingerprint density at radius 2 is 1.72 bits per heavy atom. The monoisotopic (exact) mass is 424 g/mol. The van der Waals surface area contributed by atoms with E-state index in [9.17, 15) is 9.18 Å². The molecule has 1 saturated carbocycles. The number of likely N-dealkylation sites (tertiary alicyclic amines) is 1. The molecule has 0 bridgehead atoms. The lowest BCUT2D eigenvalue weighted by Gasteiger charge is -2.38. The minimum Gasteiger partial charge on any atom is -0.342 e. The van der Waals surface area contributed by atoms with Crippen LogP contribution in [-0.4, -0.2) is 47.9 Å². The van der Waals surface area contributed by atoms with Gasteiger partial charge in [-0.05, 0) is 69.2 Å². The summed E-state index contributed by atoms with van der Waals surface area (Å²) in [6.07, 6.45) is 9.15. The Hall–Kier alpha value is -1.13. The van der Waals surface area contributed by atoms with Gasteiger partial charge in [-0.1, -0.05) is 38.3 Å². The van der Waals surface area contributed by atoms with Crippen LogP contribution >= 0.6 is 12.4 Å². The molecule has 0 radical (unpaired) electrons. The molecule has 29 heavy (non-hydrogen) atoms. The zero-order chi connectivity index (χ0) is 19.9. The van der Waals surface area contributed by atoms with Crippen molar-refractivity contribution in [1.82, 2.24) is 9.80 Å². The number of piperidine rings is 1. The van der Waals surface area contributed by atoms with Crippen molar-refractivity contribution in [2.45, 2.75) is 71.3 Å². The SMILES string of the molecule is CCN(CC1CCN(C(=O)C2CCCCC2)CC1)[C@@H](C)Cc1ccc(F)cc1.Cl. The Kier molecular flexibility index (Phi) is 9.91. The number of hydrogen-bond acceptors (Lipinski definition) is 2. The highest BCUT2D eigenvalue weighted by molar-refractivity contribution is 5.85. The van der Waals surface area contributed by atoms with Crippen LogP contribution in [0.3, 0.4) is 0 Å². The Bertz CT molecular complexity index is 610. The van der Waals surface area contributed by atoms with Gasteiger partial charge in [-0.15, -0.1) is 12.4 Å². The molecule has 0 N–H and O–H groups in total. The summed E-state index contributed by atoms with van der Waals surface area (Å²) in [5.41, 5.74) is 1.19. The van der Waals surface area contributed by atoms with E-state index in [4.69, 9.17) is 0 Å². The van der Waals surface area contributed by atoms with Crippen molar-refractivity contribution in [2.75, 3.05) is 26.2 Å². The minimum absolute atomic E-state index is 0. The van der Waals surface area contributed by atoms with Crippen LogP contribution in [-0.2, 0) is 11.2 Å². The first-order chi connectivity index (χ1) is 13.6. The summed E-state index contributed by atoms with van der Waals surface area (Å²) in [5.74, 6) is 1.23. The van der Waals surface area contributed by atoms with Crippen molar-refractivity contribution in [3.63, 3.8) is 0 Å². The van der Waals surface area contributed by atoms with Gasteiger partial charge >= 0.3 is 0 Å². The first kappa shape index (κ1) is 24.1. The molecule has 3 rings (SSSR count). The molecule has 1 aliphatic heterocycles. The third-order valence-electron chi connectivity index (χ3n) is 6.85. The quantitative estimate of drug-likeness (QED) is 0.591. The predicted molar refractivity (Wildman–Crippen MR) is 120 cm³/mol. The van der Waals surface area contributed by atoms with E-state index in [2.05, 4.69) is 23.6 Å². The third-order valence-corrected chi connectivity index (χ3v) is 6.85. The van der Waals surface area contributed by atoms with E-state index >= 15 is 0 Å². The van der Waals surface area contributed by atoms with Crippen LogP contribution in [0.25, 0.3) is 0 Å². The molecule has 3 nitrogen and oxygen atoms in total. The zero-order valence-electron chi connectivity index (χ0n) is 18.1. The largest absolute Gasteiger partial charge is 0.342 e. The molecule has 0 aromatic heterocycles. The van der Waals surface area contributed by atoms with Crippen LogP contribution < -0.4 is 0 Å². The fourth-order valence-electron chi connectivity index (χ4n) is 4.99. The minimum atomic E-state index is -0.168. The summed E-state index contributed by atoms with van der Waals surface area (Å²) in [6, 6.07) is 7.34. The maximum absolute atomic E-state index is 13.1. The van der Waals surface area contributed by atoms with Crippen molar-refractivity contribution in [3.8, 4) is 0 Å². The van der Waals surface area contributed by atoms with Gasteiger partial charge in [0.05, 0.1) is 0 Å². The molecule has 2 aliphatic rings. The van der Waals surface area contributed by atoms with Crippen molar-refractivity contribution >= 4 is 18.3 Å². The molecule has 0 unspecified atom stereocenters. The molecular weight excluding hydrogens is 387 g/mol. The summed E-state index contributed by atoms with van der Waals surface area (Å²) >= 11 is 0. The van der Waals surface area contributed by atoms with Crippen LogP contribution in [0.15, 0.2) is 24.3 Å². The molecule has 2 fully saturated rings. The van der Waals surface area contributed by atoms with E-state index in [-0.39, 0.29) is 18.2 Å². The van der Waals surface area contributed by atoms with Gasteiger partial charge in [-0.2, -0.15) is 0 Å². The fourth-order valence-corrected chi connectivity index (χ4v) is 4.99. The predicted octanol–water partition coefficient (Wildman–Crippen LogP) is 5.32. The van der Waals surface area contributed by atoms with E-state index in [1.165, 1.54) is 24.8 Å². The molecular formula is C24H38ClFN2O. The number of nitrogens with zero attached hydrogens (tertiary/aromatic N) is 2. The number of carbonyl (C=O) groups excluding carboxylic acids is 1. The molecule has 0 spiro atoms. The summed E-state index contributed by atoms with van der Waals surface area (Å²) in [6.45, 7) is 8.50. The Morgan fingerprint density at radius 1 is 1.10 bits per heavy atom. The highest BCUT2D eigenvalue weighted by Gasteiger charge is 2.30. The number of likely N-dealkylation sites (N-methyl/N-ethyl adjacent to an activating group) is 1. The summed E-state index contributed by atoms with van der Waals surface area (Å²) in [7, 11) is 0. The number of benzene rings is 1. The van der Waals surface area contributed by atoms with E-state index in [1.54, 1.807) is 12.1 Å². The smallest absolute Gasteiger partial charge is 0.225 e. The third kappa shape index (κ3) is 6.96. The van der Waals surface area contributed by atoms with Crippen molar-refractivity contribution in [3.05, 3.63) is 35.6 Å². The lowest BCUT2D eigenvalue weighted by atomic mass is 9.87. The van der Waals surface area contributed by atoms with E-state index in [0.29, 0.717) is 23.8 Å². The number of hydrogen-bond donors (Lipinski definition) is 0. The van der Waals surface area contributed by atoms with Crippen LogP contribution in [0.5, 0.6) is 0 Å². The highest BCUT2D eigenvalue weighted by Crippen LogP contribution is 2.28. The zero-order valence-corrected chi connectivity index (χ0v) is 18.9. The second-order valence-corrected chi connectivity index (χ2v) is 8.87. The average Bonchev–Trinajstić information content (AvgIpc) is 2.74. The lowest BCUT2D eigenvalue weighted by Crippen LogP contribution is -2.45. The van der Waals surface area contributed by atoms with Crippen molar-refractivity contribution in [2.24, 2.45) is 11.8 Å². The first-order valence-electron chi connectivity index (χ1n) is 11.3. The van der Waals surface area contributed by atoms with Crippen LogP contribution in [0.1, 0.15) is 64.4 Å². The Morgan fingerprint density at radius 3 is 2.31 bits per heavy atom. The van der Waals surface area contributed by atoms with Gasteiger partial charge in [0.25, 0.3) is 0 Å². The second-order valence-electron chi connectivity index (χ2n) is 8.87. The standard InChI is InChI=1S/C24H37FN2O.ClH/c1-3-26(19(2)17-20-9-11-23(25)12-10-20)18-21-13-15-27(16-14-21)24(28)22-7-5-4-6-8-22;/h9-12,19,21-22H,3-8,13-18H2,1-2H3;1H/t19-;/m0./s1. The van der Waals surface area contributed by atoms with Crippen LogP contribution in [0.4, 0.5) is 4.39 Å². The maximum Gasteiger partial charge on any atom is 0.225 e. The second kappa shape index (κ2) is 11.9. The van der Waals surface area contributed by atoms with Gasteiger partial charge in [0.1, 0.15) is 5.82 Å². The summed E-state index contributed by atoms with van der Waals surface area (Å²) < 4.78 is 13.1. The molecule has 1 heterocycles. The Labute approximate surface area is 182 Å². The van der Waals surface area contributed by atoms with Crippen LogP contribution in [0, 0.1) is 17.7 Å². The molecule has 1 aromatic carbocycles. The van der Waals surface area contributed by atoms with Crippen LogP contribution in [0.2, 0.25) is 0 Å². The topological polar surface area (TPSA) is 23.6 Å². The molecule has 1 aliphatic carbocycles. The molecule has 5 heteroatoms. The molecule has 1 aromatic rings. The normalized spacial score (nSPS) is 19.8. The molecule has 1 atom stereocenters. The van der Waals surface area contributed by atoms with Gasteiger partial charge in [0.15, 0.2) is 0 Å². The maximum atomic E-state index is 13.1. The molecule has 164 valence electrons.